The van der Waals surface area contributed by atoms with Crippen molar-refractivity contribution in [2.24, 2.45) is 0 Å². The first kappa shape index (κ1) is 19.8. The summed E-state index contributed by atoms with van der Waals surface area (Å²) < 4.78 is 7.72. The summed E-state index contributed by atoms with van der Waals surface area (Å²) in [6, 6.07) is 21.2. The van der Waals surface area contributed by atoms with E-state index < -0.39 is 0 Å². The van der Waals surface area contributed by atoms with Crippen LogP contribution in [0.4, 0.5) is 5.69 Å². The Morgan fingerprint density at radius 3 is 2.78 bits per heavy atom. The molecule has 6 heteroatoms. The minimum atomic E-state index is -0.212. The van der Waals surface area contributed by atoms with E-state index in [0.29, 0.717) is 29.4 Å². The molecule has 6 nitrogen and oxygen atoms in total. The monoisotopic (exact) mass is 422 g/mol. The SMILES string of the molecule is CCOc1ccc2ccccc2c1C(=O)Nc1cccc(-c2nc3ncccn3c2C)c1. The minimum Gasteiger partial charge on any atom is -0.493 e. The molecule has 0 saturated carbocycles. The van der Waals surface area contributed by atoms with Gasteiger partial charge in [-0.3, -0.25) is 9.20 Å². The normalized spacial score (nSPS) is 11.1. The number of nitrogens with one attached hydrogen (secondary N) is 1. The standard InChI is InChI=1S/C26H22N4O2/c1-3-32-22-13-12-18-8-4-5-11-21(18)23(22)25(31)28-20-10-6-9-19(16-20)24-17(2)30-15-7-14-27-26(30)29-24/h4-16H,3H2,1-2H3,(H,28,31). The number of aryl methyl sites for hydroxylation is 1. The van der Waals surface area contributed by atoms with E-state index in [1.807, 2.05) is 91.2 Å². The summed E-state index contributed by atoms with van der Waals surface area (Å²) in [6.45, 7) is 4.40. The fourth-order valence-electron chi connectivity index (χ4n) is 3.98. The van der Waals surface area contributed by atoms with Crippen LogP contribution < -0.4 is 10.1 Å². The van der Waals surface area contributed by atoms with Crippen molar-refractivity contribution in [3.8, 4) is 17.0 Å². The van der Waals surface area contributed by atoms with E-state index >= 15 is 0 Å². The highest BCUT2D eigenvalue weighted by molar-refractivity contribution is 6.15. The van der Waals surface area contributed by atoms with Crippen molar-refractivity contribution in [1.82, 2.24) is 14.4 Å². The van der Waals surface area contributed by atoms with Gasteiger partial charge in [0.05, 0.1) is 17.9 Å². The largest absolute Gasteiger partial charge is 0.493 e. The fourth-order valence-corrected chi connectivity index (χ4v) is 3.98. The number of aromatic nitrogens is 3. The number of hydrogen-bond donors (Lipinski definition) is 1. The number of fused-ring (bicyclic) bond motifs is 2. The van der Waals surface area contributed by atoms with Crippen molar-refractivity contribution >= 4 is 28.1 Å². The molecule has 2 aromatic heterocycles. The number of ether oxygens (including phenoxy) is 1. The van der Waals surface area contributed by atoms with E-state index in [2.05, 4.69) is 15.3 Å². The van der Waals surface area contributed by atoms with Gasteiger partial charge in [-0.2, -0.15) is 0 Å². The van der Waals surface area contributed by atoms with Crippen molar-refractivity contribution in [3.63, 3.8) is 0 Å². The summed E-state index contributed by atoms with van der Waals surface area (Å²) >= 11 is 0. The van der Waals surface area contributed by atoms with Gasteiger partial charge in [0.2, 0.25) is 5.78 Å². The molecule has 2 heterocycles. The highest BCUT2D eigenvalue weighted by atomic mass is 16.5. The van der Waals surface area contributed by atoms with Crippen LogP contribution in [-0.2, 0) is 0 Å². The highest BCUT2D eigenvalue weighted by Crippen LogP contribution is 2.30. The number of amides is 1. The molecule has 0 fully saturated rings. The third-order valence-electron chi connectivity index (χ3n) is 5.45. The summed E-state index contributed by atoms with van der Waals surface area (Å²) in [4.78, 5) is 22.3. The maximum absolute atomic E-state index is 13.4. The van der Waals surface area contributed by atoms with Gasteiger partial charge in [-0.25, -0.2) is 9.97 Å². The summed E-state index contributed by atoms with van der Waals surface area (Å²) in [5, 5.41) is 4.89. The minimum absolute atomic E-state index is 0.212. The number of nitrogens with zero attached hydrogens (tertiary/aromatic N) is 3. The number of carbonyl (C=O) groups excluding carboxylic acids is 1. The summed E-state index contributed by atoms with van der Waals surface area (Å²) in [6.07, 6.45) is 3.66. The lowest BCUT2D eigenvalue weighted by molar-refractivity contribution is 0.102. The van der Waals surface area contributed by atoms with Gasteiger partial charge in [-0.1, -0.05) is 42.5 Å². The van der Waals surface area contributed by atoms with Crippen LogP contribution in [0, 0.1) is 6.92 Å². The highest BCUT2D eigenvalue weighted by Gasteiger charge is 2.18. The van der Waals surface area contributed by atoms with Crippen LogP contribution in [0.1, 0.15) is 23.0 Å². The second-order valence-electron chi connectivity index (χ2n) is 7.46. The molecule has 32 heavy (non-hydrogen) atoms. The zero-order valence-electron chi connectivity index (χ0n) is 17.9. The Balaban J connectivity index is 1.52. The molecule has 5 rings (SSSR count). The van der Waals surface area contributed by atoms with Crippen molar-refractivity contribution < 1.29 is 9.53 Å². The molecule has 0 unspecified atom stereocenters. The Kier molecular flexibility index (Phi) is 5.03. The van der Waals surface area contributed by atoms with Crippen molar-refractivity contribution in [2.45, 2.75) is 13.8 Å². The number of hydrogen-bond acceptors (Lipinski definition) is 4. The van der Waals surface area contributed by atoms with Gasteiger partial charge in [-0.15, -0.1) is 0 Å². The molecule has 0 spiro atoms. The van der Waals surface area contributed by atoms with Gasteiger partial charge < -0.3 is 10.1 Å². The quantitative estimate of drug-likeness (QED) is 0.406. The van der Waals surface area contributed by atoms with Crippen LogP contribution >= 0.6 is 0 Å². The number of rotatable bonds is 5. The Bertz CT molecular complexity index is 1460. The van der Waals surface area contributed by atoms with E-state index in [0.717, 1.165) is 27.7 Å². The molecule has 158 valence electrons. The molecule has 1 amide bonds. The molecule has 0 saturated heterocycles. The van der Waals surface area contributed by atoms with Crippen molar-refractivity contribution in [3.05, 3.63) is 90.4 Å². The smallest absolute Gasteiger partial charge is 0.260 e. The molecule has 0 bridgehead atoms. The third-order valence-corrected chi connectivity index (χ3v) is 5.45. The third kappa shape index (κ3) is 3.46. The van der Waals surface area contributed by atoms with E-state index in [1.165, 1.54) is 0 Å². The first-order chi connectivity index (χ1) is 15.7. The second kappa shape index (κ2) is 8.15. The fraction of sp³-hybridized carbons (Fsp3) is 0.115. The predicted molar refractivity (Wildman–Crippen MR) is 126 cm³/mol. The van der Waals surface area contributed by atoms with Crippen molar-refractivity contribution in [1.29, 1.82) is 0 Å². The Labute approximate surface area is 185 Å². The molecule has 3 aromatic carbocycles. The number of anilines is 1. The van der Waals surface area contributed by atoms with Gasteiger partial charge in [-0.05, 0) is 48.9 Å². The maximum atomic E-state index is 13.4. The predicted octanol–water partition coefficient (Wildman–Crippen LogP) is 5.51. The lowest BCUT2D eigenvalue weighted by Crippen LogP contribution is -2.14. The number of carbonyl (C=O) groups is 1. The molecular formula is C26H22N4O2. The van der Waals surface area contributed by atoms with Crippen LogP contribution in [0.3, 0.4) is 0 Å². The Hall–Kier alpha value is -4.19. The van der Waals surface area contributed by atoms with Gasteiger partial charge in [0.1, 0.15) is 5.75 Å². The van der Waals surface area contributed by atoms with Crippen LogP contribution in [-0.4, -0.2) is 26.9 Å². The average Bonchev–Trinajstić information content (AvgIpc) is 3.16. The molecule has 0 radical (unpaired) electrons. The molecule has 1 N–H and O–H groups in total. The van der Waals surface area contributed by atoms with E-state index in [9.17, 15) is 4.79 Å². The first-order valence-electron chi connectivity index (χ1n) is 10.5. The number of benzene rings is 3. The van der Waals surface area contributed by atoms with Crippen molar-refractivity contribution in [2.75, 3.05) is 11.9 Å². The summed E-state index contributed by atoms with van der Waals surface area (Å²) in [5.74, 6) is 1.00. The van der Waals surface area contributed by atoms with Gasteiger partial charge in [0.15, 0.2) is 0 Å². The van der Waals surface area contributed by atoms with Crippen LogP contribution in [0.25, 0.3) is 27.8 Å². The van der Waals surface area contributed by atoms with Crippen LogP contribution in [0.5, 0.6) is 5.75 Å². The molecule has 0 aliphatic carbocycles. The zero-order chi connectivity index (χ0) is 22.1. The lowest BCUT2D eigenvalue weighted by atomic mass is 10.0. The van der Waals surface area contributed by atoms with Gasteiger partial charge >= 0.3 is 0 Å². The molecule has 5 aromatic rings. The zero-order valence-corrected chi connectivity index (χ0v) is 17.9. The first-order valence-corrected chi connectivity index (χ1v) is 10.5. The van der Waals surface area contributed by atoms with Crippen LogP contribution in [0.15, 0.2) is 79.1 Å². The summed E-state index contributed by atoms with van der Waals surface area (Å²) in [5.41, 5.74) is 3.95. The van der Waals surface area contributed by atoms with Gasteiger partial charge in [0, 0.05) is 29.3 Å². The van der Waals surface area contributed by atoms with E-state index in [-0.39, 0.29) is 5.91 Å². The topological polar surface area (TPSA) is 68.5 Å². The van der Waals surface area contributed by atoms with E-state index in [1.54, 1.807) is 6.20 Å². The Morgan fingerprint density at radius 2 is 1.94 bits per heavy atom. The molecule has 0 aliphatic heterocycles. The van der Waals surface area contributed by atoms with E-state index in [4.69, 9.17) is 4.74 Å². The summed E-state index contributed by atoms with van der Waals surface area (Å²) in [7, 11) is 0. The second-order valence-corrected chi connectivity index (χ2v) is 7.46. The molecular weight excluding hydrogens is 400 g/mol. The molecule has 0 atom stereocenters. The van der Waals surface area contributed by atoms with Crippen LogP contribution in [0.2, 0.25) is 0 Å². The van der Waals surface area contributed by atoms with Gasteiger partial charge in [0.25, 0.3) is 5.91 Å². The number of imidazole rings is 1. The lowest BCUT2D eigenvalue weighted by Gasteiger charge is -2.14. The molecule has 0 aliphatic rings. The Morgan fingerprint density at radius 1 is 1.06 bits per heavy atom. The maximum Gasteiger partial charge on any atom is 0.260 e. The average molecular weight is 422 g/mol.